The molecular formula is C21H35NO6. The lowest BCUT2D eigenvalue weighted by Gasteiger charge is -2.42. The number of rotatable bonds is 7. The Bertz CT molecular complexity index is 624. The third-order valence-corrected chi connectivity index (χ3v) is 6.33. The lowest BCUT2D eigenvalue weighted by Crippen LogP contribution is -2.57. The molecule has 0 aromatic heterocycles. The Labute approximate surface area is 167 Å². The van der Waals surface area contributed by atoms with Gasteiger partial charge < -0.3 is 29.4 Å². The Morgan fingerprint density at radius 1 is 1.39 bits per heavy atom. The van der Waals surface area contributed by atoms with E-state index < -0.39 is 11.6 Å². The van der Waals surface area contributed by atoms with E-state index in [0.717, 1.165) is 12.8 Å². The molecule has 28 heavy (non-hydrogen) atoms. The number of aliphatic hydroxyl groups is 1. The van der Waals surface area contributed by atoms with Gasteiger partial charge in [-0.2, -0.15) is 0 Å². The number of allylic oxidation sites excluding steroid dienone is 1. The van der Waals surface area contributed by atoms with Crippen LogP contribution in [0.4, 0.5) is 4.79 Å². The molecule has 2 N–H and O–H groups in total. The second-order valence-corrected chi connectivity index (χ2v) is 9.49. The SMILES string of the molecule is COC1C(OC(=O)NC(C)(C)CO)CC[C@]2(CO2)C1[C@]1(C)O[C@@H]1CC=C(C)C. The Hall–Kier alpha value is -1.15. The second kappa shape index (κ2) is 7.59. The number of epoxide rings is 2. The van der Waals surface area contributed by atoms with Crippen LogP contribution in [0.2, 0.25) is 0 Å². The molecule has 0 radical (unpaired) electrons. The minimum Gasteiger partial charge on any atom is -0.443 e. The number of hydrogen-bond donors (Lipinski definition) is 2. The van der Waals surface area contributed by atoms with Crippen molar-refractivity contribution in [1.82, 2.24) is 5.32 Å². The number of nitrogens with one attached hydrogen (secondary N) is 1. The van der Waals surface area contributed by atoms with Crippen molar-refractivity contribution in [3.63, 3.8) is 0 Å². The highest BCUT2D eigenvalue weighted by molar-refractivity contribution is 5.68. The summed E-state index contributed by atoms with van der Waals surface area (Å²) >= 11 is 0. The van der Waals surface area contributed by atoms with Gasteiger partial charge in [0, 0.05) is 7.11 Å². The zero-order valence-corrected chi connectivity index (χ0v) is 17.9. The van der Waals surface area contributed by atoms with Crippen LogP contribution in [-0.4, -0.2) is 66.6 Å². The van der Waals surface area contributed by atoms with Gasteiger partial charge in [0.05, 0.1) is 30.8 Å². The van der Waals surface area contributed by atoms with E-state index in [1.165, 1.54) is 5.57 Å². The Morgan fingerprint density at radius 2 is 2.07 bits per heavy atom. The molecule has 2 aliphatic heterocycles. The fourth-order valence-corrected chi connectivity index (χ4v) is 4.55. The number of hydrogen-bond acceptors (Lipinski definition) is 6. The third kappa shape index (κ3) is 4.22. The quantitative estimate of drug-likeness (QED) is 0.507. The van der Waals surface area contributed by atoms with Gasteiger partial charge in [-0.25, -0.2) is 4.79 Å². The molecule has 0 aromatic carbocycles. The Kier molecular flexibility index (Phi) is 5.85. The van der Waals surface area contributed by atoms with Crippen molar-refractivity contribution in [2.24, 2.45) is 5.92 Å². The van der Waals surface area contributed by atoms with Crippen molar-refractivity contribution < 1.29 is 28.8 Å². The standard InChI is InChI=1S/C21H35NO6/c1-13(2)7-8-15-20(5,28-15)17-16(25-6)14(9-10-21(17)12-26-21)27-18(24)22-19(3,4)11-23/h7,14-17,23H,8-12H2,1-6H3,(H,22,24)/t14?,15-,16?,17?,20-,21+/m1/s1. The predicted molar refractivity (Wildman–Crippen MR) is 104 cm³/mol. The summed E-state index contributed by atoms with van der Waals surface area (Å²) in [6.07, 6.45) is 3.43. The van der Waals surface area contributed by atoms with Gasteiger partial charge in [-0.3, -0.25) is 0 Å². The summed E-state index contributed by atoms with van der Waals surface area (Å²) in [6, 6.07) is 0. The lowest BCUT2D eigenvalue weighted by atomic mass is 9.68. The highest BCUT2D eigenvalue weighted by Gasteiger charge is 2.72. The Balaban J connectivity index is 1.72. The average Bonchev–Trinajstić information content (AvgIpc) is 3.52. The van der Waals surface area contributed by atoms with Crippen LogP contribution in [0.15, 0.2) is 11.6 Å². The first-order valence-corrected chi connectivity index (χ1v) is 10.1. The topological polar surface area (TPSA) is 92.9 Å². The summed E-state index contributed by atoms with van der Waals surface area (Å²) in [5.74, 6) is -0.00188. The summed E-state index contributed by atoms with van der Waals surface area (Å²) < 4.78 is 23.7. The summed E-state index contributed by atoms with van der Waals surface area (Å²) in [6.45, 7) is 10.3. The van der Waals surface area contributed by atoms with Crippen molar-refractivity contribution >= 4 is 6.09 Å². The molecule has 1 amide bonds. The van der Waals surface area contributed by atoms with Crippen LogP contribution >= 0.6 is 0 Å². The van der Waals surface area contributed by atoms with Crippen LogP contribution in [0.3, 0.4) is 0 Å². The minimum atomic E-state index is -0.741. The fraction of sp³-hybridized carbons (Fsp3) is 0.857. The van der Waals surface area contributed by atoms with E-state index in [4.69, 9.17) is 18.9 Å². The van der Waals surface area contributed by atoms with Crippen LogP contribution in [0.5, 0.6) is 0 Å². The summed E-state index contributed by atoms with van der Waals surface area (Å²) in [5, 5.41) is 12.1. The molecule has 6 atom stereocenters. The van der Waals surface area contributed by atoms with E-state index in [-0.39, 0.29) is 42.0 Å². The normalized spacial score (nSPS) is 39.4. The zero-order chi connectivity index (χ0) is 20.7. The van der Waals surface area contributed by atoms with Gasteiger partial charge in [-0.05, 0) is 53.9 Å². The second-order valence-electron chi connectivity index (χ2n) is 9.49. The van der Waals surface area contributed by atoms with Gasteiger partial charge in [0.2, 0.25) is 0 Å². The number of methoxy groups -OCH3 is 1. The smallest absolute Gasteiger partial charge is 0.407 e. The van der Waals surface area contributed by atoms with Gasteiger partial charge in [0.1, 0.15) is 23.4 Å². The van der Waals surface area contributed by atoms with Gasteiger partial charge in [-0.15, -0.1) is 0 Å². The maximum Gasteiger partial charge on any atom is 0.407 e. The van der Waals surface area contributed by atoms with Crippen LogP contribution in [0, 0.1) is 5.92 Å². The van der Waals surface area contributed by atoms with E-state index in [0.29, 0.717) is 13.0 Å². The number of ether oxygens (including phenoxy) is 4. The van der Waals surface area contributed by atoms with Crippen molar-refractivity contribution in [3.05, 3.63) is 11.6 Å². The van der Waals surface area contributed by atoms with Gasteiger partial charge >= 0.3 is 6.09 Å². The van der Waals surface area contributed by atoms with Crippen LogP contribution < -0.4 is 5.32 Å². The molecule has 7 heteroatoms. The van der Waals surface area contributed by atoms with Crippen molar-refractivity contribution in [3.8, 4) is 0 Å². The minimum absolute atomic E-state index is 0.00188. The first kappa shape index (κ1) is 21.6. The highest BCUT2D eigenvalue weighted by Crippen LogP contribution is 2.59. The summed E-state index contributed by atoms with van der Waals surface area (Å²) in [7, 11) is 1.65. The number of amides is 1. The van der Waals surface area contributed by atoms with Crippen LogP contribution in [0.1, 0.15) is 53.9 Å². The lowest BCUT2D eigenvalue weighted by molar-refractivity contribution is -0.118. The highest BCUT2D eigenvalue weighted by atomic mass is 16.6. The van der Waals surface area contributed by atoms with E-state index in [1.54, 1.807) is 21.0 Å². The summed E-state index contributed by atoms with van der Waals surface area (Å²) in [4.78, 5) is 12.4. The Morgan fingerprint density at radius 3 is 2.61 bits per heavy atom. The molecule has 1 spiro atoms. The third-order valence-electron chi connectivity index (χ3n) is 6.33. The van der Waals surface area contributed by atoms with E-state index in [1.807, 2.05) is 0 Å². The monoisotopic (exact) mass is 397 g/mol. The van der Waals surface area contributed by atoms with Gasteiger partial charge in [0.15, 0.2) is 0 Å². The van der Waals surface area contributed by atoms with Gasteiger partial charge in [-0.1, -0.05) is 11.6 Å². The van der Waals surface area contributed by atoms with E-state index in [9.17, 15) is 9.90 Å². The number of carbonyl (C=O) groups excluding carboxylic acids is 1. The van der Waals surface area contributed by atoms with Crippen molar-refractivity contribution in [2.75, 3.05) is 20.3 Å². The average molecular weight is 398 g/mol. The molecule has 0 aromatic rings. The molecule has 3 rings (SSSR count). The first-order chi connectivity index (χ1) is 13.1. The molecular weight excluding hydrogens is 362 g/mol. The molecule has 2 heterocycles. The molecule has 0 bridgehead atoms. The molecule has 3 fully saturated rings. The van der Waals surface area contributed by atoms with E-state index in [2.05, 4.69) is 32.2 Å². The number of alkyl carbamates (subject to hydrolysis) is 1. The first-order valence-electron chi connectivity index (χ1n) is 10.1. The molecule has 3 unspecified atom stereocenters. The molecule has 1 aliphatic carbocycles. The summed E-state index contributed by atoms with van der Waals surface area (Å²) in [5.41, 5.74) is -0.0659. The van der Waals surface area contributed by atoms with Crippen molar-refractivity contribution in [1.29, 1.82) is 0 Å². The largest absolute Gasteiger partial charge is 0.443 e. The molecule has 7 nitrogen and oxygen atoms in total. The molecule has 160 valence electrons. The maximum atomic E-state index is 12.4. The number of aliphatic hydroxyl groups excluding tert-OH is 1. The van der Waals surface area contributed by atoms with Crippen molar-refractivity contribution in [2.45, 2.75) is 88.9 Å². The van der Waals surface area contributed by atoms with Gasteiger partial charge in [0.25, 0.3) is 0 Å². The molecule has 3 aliphatic rings. The fourth-order valence-electron chi connectivity index (χ4n) is 4.55. The maximum absolute atomic E-state index is 12.4. The molecule has 1 saturated carbocycles. The van der Waals surface area contributed by atoms with Crippen LogP contribution in [-0.2, 0) is 18.9 Å². The van der Waals surface area contributed by atoms with E-state index >= 15 is 0 Å². The molecule has 2 saturated heterocycles. The number of carbonyl (C=O) groups is 1. The predicted octanol–water partition coefficient (Wildman–Crippen LogP) is 2.56. The van der Waals surface area contributed by atoms with Crippen LogP contribution in [0.25, 0.3) is 0 Å². The zero-order valence-electron chi connectivity index (χ0n) is 17.9.